The van der Waals surface area contributed by atoms with Crippen molar-refractivity contribution in [2.75, 3.05) is 11.5 Å². The largest absolute Gasteiger partial charge is 0.379 e. The van der Waals surface area contributed by atoms with Crippen LogP contribution in [0.2, 0.25) is 0 Å². The normalized spacial score (nSPS) is 16.9. The molecule has 19 heavy (non-hydrogen) atoms. The predicted molar refractivity (Wildman–Crippen MR) is 95.1 cm³/mol. The fourth-order valence-electron chi connectivity index (χ4n) is 1.88. The highest BCUT2D eigenvalue weighted by Gasteiger charge is 2.24. The van der Waals surface area contributed by atoms with Crippen LogP contribution in [0.3, 0.4) is 0 Å². The molecule has 2 heteroatoms. The van der Waals surface area contributed by atoms with Gasteiger partial charge in [0, 0.05) is 11.5 Å². The summed E-state index contributed by atoms with van der Waals surface area (Å²) in [6, 6.07) is 0. The highest BCUT2D eigenvalue weighted by molar-refractivity contribution is 14.1. The highest BCUT2D eigenvalue weighted by Crippen LogP contribution is 2.26. The van der Waals surface area contributed by atoms with Crippen LogP contribution in [0.1, 0.15) is 53.9 Å². The van der Waals surface area contributed by atoms with E-state index in [0.717, 1.165) is 10.3 Å². The van der Waals surface area contributed by atoms with Crippen molar-refractivity contribution in [1.82, 2.24) is 0 Å². The molecular weight excluding hydrogens is 347 g/mol. The fraction of sp³-hybridized carbons (Fsp3) is 0.765. The second-order valence-electron chi connectivity index (χ2n) is 6.13. The minimum atomic E-state index is -0.00479. The van der Waals surface area contributed by atoms with Crippen LogP contribution in [0.5, 0.6) is 0 Å². The third kappa shape index (κ3) is 8.85. The molecule has 0 N–H and O–H groups in total. The van der Waals surface area contributed by atoms with Gasteiger partial charge in [0.25, 0.3) is 0 Å². The molecule has 0 amide bonds. The molecular formula is C17H31IO. The minimum Gasteiger partial charge on any atom is -0.379 e. The lowest BCUT2D eigenvalue weighted by Gasteiger charge is -2.31. The molecule has 0 saturated carbocycles. The quantitative estimate of drug-likeness (QED) is 0.280. The Labute approximate surface area is 134 Å². The summed E-state index contributed by atoms with van der Waals surface area (Å²) in [7, 11) is 1.81. The molecule has 0 saturated heterocycles. The molecule has 0 aliphatic heterocycles. The van der Waals surface area contributed by atoms with Crippen molar-refractivity contribution in [2.45, 2.75) is 59.5 Å². The monoisotopic (exact) mass is 378 g/mol. The van der Waals surface area contributed by atoms with Crippen molar-refractivity contribution in [3.05, 3.63) is 23.8 Å². The molecule has 0 aromatic rings. The standard InChI is InChI=1S/C17H31IO/c1-14(8-7-9-15(2)12-13-18)10-11-16(3)17(4,5)19-6/h7,9,12,14,16H,8,10-11,13H2,1-6H3. The van der Waals surface area contributed by atoms with Gasteiger partial charge >= 0.3 is 0 Å². The van der Waals surface area contributed by atoms with Crippen LogP contribution in [-0.2, 0) is 4.74 Å². The molecule has 0 aromatic heterocycles. The van der Waals surface area contributed by atoms with E-state index in [9.17, 15) is 0 Å². The number of methoxy groups -OCH3 is 1. The van der Waals surface area contributed by atoms with Crippen LogP contribution in [0.25, 0.3) is 0 Å². The Morgan fingerprint density at radius 1 is 1.26 bits per heavy atom. The van der Waals surface area contributed by atoms with Gasteiger partial charge in [-0.15, -0.1) is 0 Å². The molecule has 0 aliphatic rings. The second kappa shape index (κ2) is 9.98. The molecule has 2 atom stereocenters. The first-order valence-corrected chi connectivity index (χ1v) is 8.80. The molecule has 0 spiro atoms. The summed E-state index contributed by atoms with van der Waals surface area (Å²) in [6.45, 7) is 11.2. The Bertz CT molecular complexity index is 292. The molecule has 0 fully saturated rings. The number of hydrogen-bond donors (Lipinski definition) is 0. The first-order valence-electron chi connectivity index (χ1n) is 7.27. The molecule has 2 unspecified atom stereocenters. The zero-order valence-corrected chi connectivity index (χ0v) is 15.7. The van der Waals surface area contributed by atoms with Crippen molar-refractivity contribution >= 4 is 22.6 Å². The summed E-state index contributed by atoms with van der Waals surface area (Å²) in [6.07, 6.45) is 10.5. The fourth-order valence-corrected chi connectivity index (χ4v) is 2.57. The summed E-state index contributed by atoms with van der Waals surface area (Å²) in [4.78, 5) is 0. The Hall–Kier alpha value is 0.170. The van der Waals surface area contributed by atoms with Gasteiger partial charge in [-0.2, -0.15) is 0 Å². The maximum absolute atomic E-state index is 5.55. The summed E-state index contributed by atoms with van der Waals surface area (Å²) in [5.41, 5.74) is 1.37. The highest BCUT2D eigenvalue weighted by atomic mass is 127. The van der Waals surface area contributed by atoms with E-state index >= 15 is 0 Å². The van der Waals surface area contributed by atoms with E-state index in [4.69, 9.17) is 4.74 Å². The lowest BCUT2D eigenvalue weighted by molar-refractivity contribution is -0.0259. The smallest absolute Gasteiger partial charge is 0.0648 e. The van der Waals surface area contributed by atoms with Crippen LogP contribution >= 0.6 is 22.6 Å². The Kier molecular flexibility index (Phi) is 10.1. The van der Waals surface area contributed by atoms with E-state index in [1.807, 2.05) is 7.11 Å². The summed E-state index contributed by atoms with van der Waals surface area (Å²) < 4.78 is 6.64. The maximum Gasteiger partial charge on any atom is 0.0648 e. The van der Waals surface area contributed by atoms with E-state index < -0.39 is 0 Å². The third-order valence-corrected chi connectivity index (χ3v) is 4.56. The van der Waals surface area contributed by atoms with Crippen LogP contribution in [0, 0.1) is 11.8 Å². The number of rotatable bonds is 9. The number of alkyl halides is 1. The maximum atomic E-state index is 5.55. The van der Waals surface area contributed by atoms with Crippen LogP contribution in [0.15, 0.2) is 23.8 Å². The van der Waals surface area contributed by atoms with Gasteiger partial charge in [0.2, 0.25) is 0 Å². The lowest BCUT2D eigenvalue weighted by atomic mass is 9.85. The topological polar surface area (TPSA) is 9.23 Å². The van der Waals surface area contributed by atoms with Crippen LogP contribution < -0.4 is 0 Å². The van der Waals surface area contributed by atoms with Crippen molar-refractivity contribution in [3.8, 4) is 0 Å². The van der Waals surface area contributed by atoms with Crippen molar-refractivity contribution in [1.29, 1.82) is 0 Å². The van der Waals surface area contributed by atoms with Gasteiger partial charge in [-0.25, -0.2) is 0 Å². The van der Waals surface area contributed by atoms with Crippen LogP contribution in [-0.4, -0.2) is 17.1 Å². The SMILES string of the molecule is COC(C)(C)C(C)CCC(C)CC=CC(C)=CCI. The minimum absolute atomic E-state index is 0.00479. The second-order valence-corrected chi connectivity index (χ2v) is 7.01. The van der Waals surface area contributed by atoms with Crippen molar-refractivity contribution in [3.63, 3.8) is 0 Å². The molecule has 0 rings (SSSR count). The lowest BCUT2D eigenvalue weighted by Crippen LogP contribution is -2.31. The number of allylic oxidation sites excluding steroid dienone is 4. The van der Waals surface area contributed by atoms with E-state index in [-0.39, 0.29) is 5.60 Å². The Morgan fingerprint density at radius 3 is 2.42 bits per heavy atom. The first-order chi connectivity index (χ1) is 8.83. The molecule has 0 radical (unpaired) electrons. The van der Waals surface area contributed by atoms with E-state index in [0.29, 0.717) is 5.92 Å². The van der Waals surface area contributed by atoms with Crippen molar-refractivity contribution in [2.24, 2.45) is 11.8 Å². The summed E-state index contributed by atoms with van der Waals surface area (Å²) >= 11 is 2.38. The number of halogens is 1. The van der Waals surface area contributed by atoms with Gasteiger partial charge in [0.1, 0.15) is 0 Å². The number of ether oxygens (including phenoxy) is 1. The Balaban J connectivity index is 4.00. The Morgan fingerprint density at radius 2 is 1.89 bits per heavy atom. The third-order valence-electron chi connectivity index (χ3n) is 4.12. The van der Waals surface area contributed by atoms with E-state index in [1.54, 1.807) is 0 Å². The van der Waals surface area contributed by atoms with Gasteiger partial charge in [-0.3, -0.25) is 0 Å². The number of hydrogen-bond acceptors (Lipinski definition) is 1. The molecule has 112 valence electrons. The molecule has 0 aromatic carbocycles. The van der Waals surface area contributed by atoms with E-state index in [2.05, 4.69) is 75.4 Å². The summed E-state index contributed by atoms with van der Waals surface area (Å²) in [5, 5.41) is 0. The average Bonchev–Trinajstić information content (AvgIpc) is 2.36. The predicted octanol–water partition coefficient (Wildman–Crippen LogP) is 5.79. The average molecular weight is 378 g/mol. The molecule has 1 nitrogen and oxygen atoms in total. The van der Waals surface area contributed by atoms with Gasteiger partial charge in [0.05, 0.1) is 5.60 Å². The van der Waals surface area contributed by atoms with Gasteiger partial charge in [-0.1, -0.05) is 66.7 Å². The molecule has 0 heterocycles. The summed E-state index contributed by atoms with van der Waals surface area (Å²) in [5.74, 6) is 1.35. The molecule has 0 bridgehead atoms. The van der Waals surface area contributed by atoms with Crippen molar-refractivity contribution < 1.29 is 4.74 Å². The van der Waals surface area contributed by atoms with Gasteiger partial charge in [0.15, 0.2) is 0 Å². The van der Waals surface area contributed by atoms with E-state index in [1.165, 1.54) is 24.8 Å². The zero-order chi connectivity index (χ0) is 14.9. The van der Waals surface area contributed by atoms with Gasteiger partial charge in [-0.05, 0) is 45.4 Å². The van der Waals surface area contributed by atoms with Crippen LogP contribution in [0.4, 0.5) is 0 Å². The first kappa shape index (κ1) is 19.2. The zero-order valence-electron chi connectivity index (χ0n) is 13.5. The molecule has 0 aliphatic carbocycles. The van der Waals surface area contributed by atoms with Gasteiger partial charge < -0.3 is 4.74 Å².